The van der Waals surface area contributed by atoms with Crippen molar-refractivity contribution in [1.82, 2.24) is 14.8 Å². The van der Waals surface area contributed by atoms with Crippen molar-refractivity contribution in [1.29, 1.82) is 0 Å². The zero-order valence-electron chi connectivity index (χ0n) is 19.9. The number of carbonyl (C=O) groups excluding carboxylic acids is 1. The summed E-state index contributed by atoms with van der Waals surface area (Å²) < 4.78 is 14.8. The quantitative estimate of drug-likeness (QED) is 0.319. The minimum Gasteiger partial charge on any atom is -0.493 e. The molecule has 6 rings (SSSR count). The minimum atomic E-state index is -0.236. The van der Waals surface area contributed by atoms with E-state index in [2.05, 4.69) is 41.6 Å². The maximum Gasteiger partial charge on any atom is 0.226 e. The van der Waals surface area contributed by atoms with Gasteiger partial charge in [0.1, 0.15) is 12.4 Å². The highest BCUT2D eigenvalue weighted by Gasteiger charge is 2.33. The van der Waals surface area contributed by atoms with Crippen LogP contribution in [0.25, 0.3) is 15.3 Å². The second kappa shape index (κ2) is 9.13. The van der Waals surface area contributed by atoms with Gasteiger partial charge in [-0.2, -0.15) is 9.78 Å². The summed E-state index contributed by atoms with van der Waals surface area (Å²) >= 11 is 1.54. The second-order valence-corrected chi connectivity index (χ2v) is 9.79. The number of benzene rings is 3. The van der Waals surface area contributed by atoms with Crippen molar-refractivity contribution < 1.29 is 14.3 Å². The van der Waals surface area contributed by atoms with Crippen LogP contribution in [0.5, 0.6) is 11.5 Å². The summed E-state index contributed by atoms with van der Waals surface area (Å²) in [5.74, 6) is 1.59. The van der Waals surface area contributed by atoms with Gasteiger partial charge in [-0.05, 0) is 30.7 Å². The third-order valence-corrected chi connectivity index (χ3v) is 7.40. The molecule has 36 heavy (non-hydrogen) atoms. The number of amides is 1. The normalized spacial score (nSPS) is 14.9. The molecule has 3 aromatic carbocycles. The van der Waals surface area contributed by atoms with Gasteiger partial charge >= 0.3 is 0 Å². The number of anilines is 1. The van der Waals surface area contributed by atoms with Crippen molar-refractivity contribution >= 4 is 33.3 Å². The zero-order chi connectivity index (χ0) is 24.6. The lowest BCUT2D eigenvalue weighted by molar-refractivity contribution is -0.116. The van der Waals surface area contributed by atoms with E-state index in [1.54, 1.807) is 11.8 Å². The van der Waals surface area contributed by atoms with Crippen molar-refractivity contribution in [3.05, 3.63) is 95.2 Å². The van der Waals surface area contributed by atoms with E-state index in [4.69, 9.17) is 14.5 Å². The van der Waals surface area contributed by atoms with Crippen LogP contribution >= 0.6 is 11.3 Å². The monoisotopic (exact) mass is 496 g/mol. The maximum atomic E-state index is 12.9. The van der Waals surface area contributed by atoms with Crippen LogP contribution in [0, 0.1) is 6.92 Å². The molecule has 0 spiro atoms. The summed E-state index contributed by atoms with van der Waals surface area (Å²) in [5, 5.41) is 8.35. The summed E-state index contributed by atoms with van der Waals surface area (Å²) in [5.41, 5.74) is 4.97. The average Bonchev–Trinajstić information content (AvgIpc) is 3.51. The number of ether oxygens (including phenoxy) is 2. The summed E-state index contributed by atoms with van der Waals surface area (Å²) in [6.07, 6.45) is 2.10. The SMILES string of the molecule is COc1cccc(C2CC(=O)Nc3c2cnn3-c2nc3ccccc3s2)c1OCc1ccc(C)cc1. The van der Waals surface area contributed by atoms with Crippen LogP contribution in [0.15, 0.2) is 72.9 Å². The van der Waals surface area contributed by atoms with E-state index in [1.807, 2.05) is 48.7 Å². The van der Waals surface area contributed by atoms with Crippen LogP contribution in [0.2, 0.25) is 0 Å². The number of thiazole rings is 1. The fraction of sp³-hybridized carbons (Fsp3) is 0.179. The molecule has 1 amide bonds. The number of aryl methyl sites for hydroxylation is 1. The fourth-order valence-electron chi connectivity index (χ4n) is 4.56. The highest BCUT2D eigenvalue weighted by atomic mass is 32.1. The van der Waals surface area contributed by atoms with E-state index in [0.717, 1.165) is 26.9 Å². The lowest BCUT2D eigenvalue weighted by atomic mass is 9.86. The molecule has 1 N–H and O–H groups in total. The number of fused-ring (bicyclic) bond motifs is 2. The van der Waals surface area contributed by atoms with E-state index in [0.29, 0.717) is 29.1 Å². The Morgan fingerprint density at radius 2 is 1.89 bits per heavy atom. The number of nitrogens with one attached hydrogen (secondary N) is 1. The Hall–Kier alpha value is -4.17. The van der Waals surface area contributed by atoms with Crippen LogP contribution < -0.4 is 14.8 Å². The standard InChI is InChI=1S/C28H24N4O3S/c1-17-10-12-18(13-11-17)16-35-26-19(6-5-8-23(26)34-2)20-14-25(33)31-27-21(20)15-29-32(27)28-30-22-7-3-4-9-24(22)36-28/h3-13,15,20H,14,16H2,1-2H3,(H,31,33). The highest BCUT2D eigenvalue weighted by molar-refractivity contribution is 7.20. The zero-order valence-corrected chi connectivity index (χ0v) is 20.7. The van der Waals surface area contributed by atoms with Gasteiger partial charge < -0.3 is 14.8 Å². The first-order chi connectivity index (χ1) is 17.6. The summed E-state index contributed by atoms with van der Waals surface area (Å²) in [7, 11) is 1.63. The summed E-state index contributed by atoms with van der Waals surface area (Å²) in [6, 6.07) is 22.0. The van der Waals surface area contributed by atoms with E-state index < -0.39 is 0 Å². The third kappa shape index (κ3) is 3.99. The van der Waals surface area contributed by atoms with E-state index in [9.17, 15) is 4.79 Å². The van der Waals surface area contributed by atoms with Crippen molar-refractivity contribution in [2.75, 3.05) is 12.4 Å². The van der Waals surface area contributed by atoms with Gasteiger partial charge in [-0.15, -0.1) is 0 Å². The number of carbonyl (C=O) groups is 1. The number of rotatable bonds is 6. The van der Waals surface area contributed by atoms with Crippen LogP contribution in [0.3, 0.4) is 0 Å². The molecule has 1 atom stereocenters. The summed E-state index contributed by atoms with van der Waals surface area (Å²) in [4.78, 5) is 17.6. The average molecular weight is 497 g/mol. The van der Waals surface area contributed by atoms with Crippen molar-refractivity contribution in [3.8, 4) is 16.6 Å². The van der Waals surface area contributed by atoms with Gasteiger partial charge in [-0.1, -0.05) is 65.4 Å². The van der Waals surface area contributed by atoms with Gasteiger partial charge in [0.2, 0.25) is 11.0 Å². The molecule has 0 radical (unpaired) electrons. The van der Waals surface area contributed by atoms with E-state index >= 15 is 0 Å². The van der Waals surface area contributed by atoms with E-state index in [-0.39, 0.29) is 18.2 Å². The third-order valence-electron chi connectivity index (χ3n) is 6.39. The van der Waals surface area contributed by atoms with Crippen LogP contribution in [-0.2, 0) is 11.4 Å². The maximum absolute atomic E-state index is 12.9. The minimum absolute atomic E-state index is 0.0809. The molecule has 7 nitrogen and oxygen atoms in total. The predicted octanol–water partition coefficient (Wildman–Crippen LogP) is 5.85. The first kappa shape index (κ1) is 22.3. The first-order valence-corrected chi connectivity index (χ1v) is 12.5. The molecule has 0 fully saturated rings. The molecule has 8 heteroatoms. The molecule has 1 aliphatic heterocycles. The molecule has 1 unspecified atom stereocenters. The number of hydrogen-bond donors (Lipinski definition) is 1. The largest absolute Gasteiger partial charge is 0.493 e. The van der Waals surface area contributed by atoms with Gasteiger partial charge in [0.15, 0.2) is 11.5 Å². The molecule has 0 saturated carbocycles. The van der Waals surface area contributed by atoms with Gasteiger partial charge in [0.05, 0.1) is 23.5 Å². The number of hydrogen-bond acceptors (Lipinski definition) is 6. The predicted molar refractivity (Wildman–Crippen MR) is 140 cm³/mol. The molecule has 180 valence electrons. The van der Waals surface area contributed by atoms with Crippen molar-refractivity contribution in [3.63, 3.8) is 0 Å². The molecule has 5 aromatic rings. The molecule has 2 aromatic heterocycles. The van der Waals surface area contributed by atoms with Crippen molar-refractivity contribution in [2.24, 2.45) is 0 Å². The Balaban J connectivity index is 1.40. The summed E-state index contributed by atoms with van der Waals surface area (Å²) in [6.45, 7) is 2.45. The molecular formula is C28H24N4O3S. The molecular weight excluding hydrogens is 472 g/mol. The smallest absolute Gasteiger partial charge is 0.226 e. The van der Waals surface area contributed by atoms with Crippen LogP contribution in [0.1, 0.15) is 34.6 Å². The van der Waals surface area contributed by atoms with Crippen LogP contribution in [0.4, 0.5) is 5.82 Å². The molecule has 0 saturated heterocycles. The van der Waals surface area contributed by atoms with Gasteiger partial charge in [-0.3, -0.25) is 4.79 Å². The molecule has 0 bridgehead atoms. The molecule has 1 aliphatic rings. The second-order valence-electron chi connectivity index (χ2n) is 8.78. The molecule has 0 aliphatic carbocycles. The Kier molecular flexibility index (Phi) is 5.65. The number of aromatic nitrogens is 3. The first-order valence-electron chi connectivity index (χ1n) is 11.7. The van der Waals surface area contributed by atoms with E-state index in [1.165, 1.54) is 16.9 Å². The molecule has 3 heterocycles. The Bertz CT molecular complexity index is 1540. The Labute approximate surface area is 212 Å². The van der Waals surface area contributed by atoms with Gasteiger partial charge in [0, 0.05) is 23.5 Å². The number of nitrogens with zero attached hydrogens (tertiary/aromatic N) is 3. The van der Waals surface area contributed by atoms with Gasteiger partial charge in [-0.25, -0.2) is 4.98 Å². The fourth-order valence-corrected chi connectivity index (χ4v) is 5.49. The Morgan fingerprint density at radius 1 is 1.06 bits per heavy atom. The topological polar surface area (TPSA) is 78.3 Å². The highest BCUT2D eigenvalue weighted by Crippen LogP contribution is 2.45. The lowest BCUT2D eigenvalue weighted by Crippen LogP contribution is -2.25. The van der Waals surface area contributed by atoms with Crippen molar-refractivity contribution in [2.45, 2.75) is 25.9 Å². The number of methoxy groups -OCH3 is 1. The number of para-hydroxylation sites is 2. The lowest BCUT2D eigenvalue weighted by Gasteiger charge is -2.26. The Morgan fingerprint density at radius 3 is 2.69 bits per heavy atom. The van der Waals surface area contributed by atoms with Crippen LogP contribution in [-0.4, -0.2) is 27.8 Å². The van der Waals surface area contributed by atoms with Gasteiger partial charge in [0.25, 0.3) is 0 Å².